The van der Waals surface area contributed by atoms with E-state index in [0.717, 1.165) is 34.5 Å². The van der Waals surface area contributed by atoms with E-state index in [1.807, 2.05) is 26.0 Å². The summed E-state index contributed by atoms with van der Waals surface area (Å²) < 4.78 is 7.89. The van der Waals surface area contributed by atoms with Crippen LogP contribution < -0.4 is 15.6 Å². The van der Waals surface area contributed by atoms with Crippen LogP contribution in [0.1, 0.15) is 53.3 Å². The number of aromatic amines is 1. The molecular weight excluding hydrogens is 464 g/mol. The Morgan fingerprint density at radius 2 is 2.06 bits per heavy atom. The van der Waals surface area contributed by atoms with E-state index in [-0.39, 0.29) is 17.5 Å². The van der Waals surface area contributed by atoms with Gasteiger partial charge in [-0.15, -0.1) is 11.3 Å². The zero-order valence-electron chi connectivity index (χ0n) is 20.4. The maximum atomic E-state index is 12.9. The van der Waals surface area contributed by atoms with E-state index in [1.54, 1.807) is 39.4 Å². The van der Waals surface area contributed by atoms with Crippen molar-refractivity contribution in [2.45, 2.75) is 52.2 Å². The number of aliphatic hydroxyl groups is 1. The summed E-state index contributed by atoms with van der Waals surface area (Å²) in [7, 11) is 1.68. The van der Waals surface area contributed by atoms with E-state index in [0.29, 0.717) is 33.0 Å². The van der Waals surface area contributed by atoms with Crippen LogP contribution in [0.3, 0.4) is 0 Å². The van der Waals surface area contributed by atoms with Gasteiger partial charge in [0, 0.05) is 41.3 Å². The lowest BCUT2D eigenvalue weighted by atomic mass is 10.1. The van der Waals surface area contributed by atoms with Crippen LogP contribution in [0.15, 0.2) is 35.4 Å². The SMILES string of the molecule is Cc1ccnc(C)c1Oc1cc(C(C)(C)O)sc1-c1cn(C)c(=O)c2[nH]c(C(=O)NC3CC3)cc12. The van der Waals surface area contributed by atoms with Crippen LogP contribution in [-0.2, 0) is 12.6 Å². The van der Waals surface area contributed by atoms with Crippen LogP contribution in [0, 0.1) is 13.8 Å². The van der Waals surface area contributed by atoms with Crippen molar-refractivity contribution in [3.8, 4) is 21.9 Å². The number of pyridine rings is 2. The van der Waals surface area contributed by atoms with Crippen molar-refractivity contribution in [1.82, 2.24) is 19.9 Å². The second-order valence-electron chi connectivity index (χ2n) is 9.69. The van der Waals surface area contributed by atoms with E-state index in [4.69, 9.17) is 4.74 Å². The van der Waals surface area contributed by atoms with Gasteiger partial charge in [0.15, 0.2) is 5.75 Å². The number of ether oxygens (including phenoxy) is 1. The Morgan fingerprint density at radius 1 is 1.31 bits per heavy atom. The topological polar surface area (TPSA) is 109 Å². The number of nitrogens with zero attached hydrogens (tertiary/aromatic N) is 2. The van der Waals surface area contributed by atoms with Crippen molar-refractivity contribution in [3.63, 3.8) is 0 Å². The van der Waals surface area contributed by atoms with Crippen LogP contribution in [0.25, 0.3) is 21.3 Å². The number of hydrogen-bond acceptors (Lipinski definition) is 6. The molecule has 1 aliphatic rings. The summed E-state index contributed by atoms with van der Waals surface area (Å²) in [5.74, 6) is 0.975. The van der Waals surface area contributed by atoms with Crippen molar-refractivity contribution in [2.75, 3.05) is 0 Å². The second kappa shape index (κ2) is 8.35. The number of hydrogen-bond donors (Lipinski definition) is 3. The van der Waals surface area contributed by atoms with Gasteiger partial charge in [0.05, 0.1) is 16.2 Å². The van der Waals surface area contributed by atoms with Gasteiger partial charge in [-0.05, 0) is 64.3 Å². The van der Waals surface area contributed by atoms with Crippen molar-refractivity contribution in [2.24, 2.45) is 7.05 Å². The Hall–Kier alpha value is -3.43. The number of carbonyl (C=O) groups excluding carboxylic acids is 1. The molecule has 0 atom stereocenters. The lowest BCUT2D eigenvalue weighted by Gasteiger charge is -2.14. The highest BCUT2D eigenvalue weighted by Gasteiger charge is 2.28. The van der Waals surface area contributed by atoms with Gasteiger partial charge < -0.3 is 24.7 Å². The van der Waals surface area contributed by atoms with Crippen LogP contribution in [0.2, 0.25) is 0 Å². The zero-order chi connectivity index (χ0) is 25.1. The van der Waals surface area contributed by atoms with E-state index >= 15 is 0 Å². The number of fused-ring (bicyclic) bond motifs is 1. The molecule has 8 nitrogen and oxygen atoms in total. The fourth-order valence-electron chi connectivity index (χ4n) is 4.01. The highest BCUT2D eigenvalue weighted by atomic mass is 32.1. The molecule has 9 heteroatoms. The van der Waals surface area contributed by atoms with Gasteiger partial charge in [-0.25, -0.2) is 0 Å². The molecular formula is C26H28N4O4S. The maximum Gasteiger partial charge on any atom is 0.274 e. The van der Waals surface area contributed by atoms with Crippen LogP contribution in [0.4, 0.5) is 0 Å². The molecule has 4 aromatic heterocycles. The molecule has 1 amide bonds. The van der Waals surface area contributed by atoms with Crippen molar-refractivity contribution >= 4 is 28.1 Å². The summed E-state index contributed by atoms with van der Waals surface area (Å²) in [6, 6.07) is 5.63. The molecule has 0 saturated heterocycles. The molecule has 182 valence electrons. The normalized spacial score (nSPS) is 13.9. The first-order valence-corrected chi connectivity index (χ1v) is 12.3. The molecule has 35 heavy (non-hydrogen) atoms. The van der Waals surface area contributed by atoms with Crippen molar-refractivity contribution < 1.29 is 14.6 Å². The molecule has 3 N–H and O–H groups in total. The lowest BCUT2D eigenvalue weighted by molar-refractivity contribution is 0.0824. The molecule has 0 aromatic carbocycles. The number of H-pyrrole nitrogens is 1. The summed E-state index contributed by atoms with van der Waals surface area (Å²) in [6.07, 6.45) is 5.43. The van der Waals surface area contributed by atoms with Gasteiger partial charge in [0.2, 0.25) is 0 Å². The van der Waals surface area contributed by atoms with E-state index < -0.39 is 5.60 Å². The van der Waals surface area contributed by atoms with Gasteiger partial charge in [-0.2, -0.15) is 0 Å². The predicted molar refractivity (Wildman–Crippen MR) is 136 cm³/mol. The number of carbonyl (C=O) groups is 1. The molecule has 0 radical (unpaired) electrons. The minimum Gasteiger partial charge on any atom is -0.454 e. The Morgan fingerprint density at radius 3 is 2.71 bits per heavy atom. The van der Waals surface area contributed by atoms with Gasteiger partial charge >= 0.3 is 0 Å². The minimum atomic E-state index is -1.09. The quantitative estimate of drug-likeness (QED) is 0.367. The lowest BCUT2D eigenvalue weighted by Crippen LogP contribution is -2.25. The first kappa shape index (κ1) is 23.3. The monoisotopic (exact) mass is 492 g/mol. The van der Waals surface area contributed by atoms with Crippen molar-refractivity contribution in [1.29, 1.82) is 0 Å². The first-order valence-electron chi connectivity index (χ1n) is 11.5. The average molecular weight is 493 g/mol. The Bertz CT molecular complexity index is 1500. The molecule has 1 aliphatic carbocycles. The highest BCUT2D eigenvalue weighted by Crippen LogP contribution is 2.46. The number of nitrogens with one attached hydrogen (secondary N) is 2. The van der Waals surface area contributed by atoms with Gasteiger partial charge in [0.1, 0.15) is 17.0 Å². The molecule has 0 spiro atoms. The third-order valence-corrected chi connectivity index (χ3v) is 7.62. The second-order valence-corrected chi connectivity index (χ2v) is 10.7. The third kappa shape index (κ3) is 4.37. The Kier molecular flexibility index (Phi) is 5.56. The zero-order valence-corrected chi connectivity index (χ0v) is 21.2. The van der Waals surface area contributed by atoms with Gasteiger partial charge in [-0.3, -0.25) is 14.6 Å². The van der Waals surface area contributed by atoms with E-state index in [2.05, 4.69) is 15.3 Å². The summed E-state index contributed by atoms with van der Waals surface area (Å²) in [4.78, 5) is 34.5. The van der Waals surface area contributed by atoms with Crippen LogP contribution in [0.5, 0.6) is 11.5 Å². The molecule has 0 bridgehead atoms. The van der Waals surface area contributed by atoms with E-state index in [1.165, 1.54) is 15.9 Å². The van der Waals surface area contributed by atoms with Crippen LogP contribution in [-0.4, -0.2) is 31.6 Å². The minimum absolute atomic E-state index is 0.203. The Balaban J connectivity index is 1.70. The number of aromatic nitrogens is 3. The summed E-state index contributed by atoms with van der Waals surface area (Å²) >= 11 is 1.39. The molecule has 5 rings (SSSR count). The highest BCUT2D eigenvalue weighted by molar-refractivity contribution is 7.16. The van der Waals surface area contributed by atoms with Gasteiger partial charge in [0.25, 0.3) is 11.5 Å². The molecule has 0 aliphatic heterocycles. The number of thiophene rings is 1. The largest absolute Gasteiger partial charge is 0.454 e. The first-order chi connectivity index (χ1) is 16.5. The maximum absolute atomic E-state index is 12.9. The fourth-order valence-corrected chi connectivity index (χ4v) is 5.12. The third-order valence-electron chi connectivity index (χ3n) is 6.16. The van der Waals surface area contributed by atoms with Gasteiger partial charge in [-0.1, -0.05) is 0 Å². The fraction of sp³-hybridized carbons (Fsp3) is 0.346. The Labute approximate surface area is 206 Å². The standard InChI is InChI=1S/C26H28N4O4S/c1-13-8-9-27-14(2)22(13)34-19-11-20(26(3,4)33)35-23(19)17-12-30(5)25(32)21-16(17)10-18(29-21)24(31)28-15-6-7-15/h8-12,15,29,33H,6-7H2,1-5H3,(H,28,31). The molecule has 4 aromatic rings. The van der Waals surface area contributed by atoms with Crippen molar-refractivity contribution in [3.05, 3.63) is 62.8 Å². The summed E-state index contributed by atoms with van der Waals surface area (Å²) in [5.41, 5.74) is 1.80. The number of amides is 1. The van der Waals surface area contributed by atoms with E-state index in [9.17, 15) is 14.7 Å². The van der Waals surface area contributed by atoms with Crippen LogP contribution >= 0.6 is 11.3 Å². The molecule has 0 unspecified atom stereocenters. The smallest absolute Gasteiger partial charge is 0.274 e. The molecule has 1 fully saturated rings. The summed E-state index contributed by atoms with van der Waals surface area (Å²) in [5, 5.41) is 14.3. The molecule has 4 heterocycles. The average Bonchev–Trinajstić information content (AvgIpc) is 3.31. The number of aryl methyl sites for hydroxylation is 3. The molecule has 1 saturated carbocycles. The summed E-state index contributed by atoms with van der Waals surface area (Å²) in [6.45, 7) is 7.28. The number of rotatable bonds is 6. The predicted octanol–water partition coefficient (Wildman–Crippen LogP) is 4.52.